The van der Waals surface area contributed by atoms with E-state index in [4.69, 9.17) is 17.3 Å². The van der Waals surface area contributed by atoms with Crippen LogP contribution in [0.1, 0.15) is 18.3 Å². The Kier molecular flexibility index (Phi) is 3.36. The molecule has 0 aliphatic heterocycles. The number of benzene rings is 2. The van der Waals surface area contributed by atoms with Gasteiger partial charge in [0, 0.05) is 17.1 Å². The van der Waals surface area contributed by atoms with Gasteiger partial charge in [0.1, 0.15) is 5.82 Å². The minimum absolute atomic E-state index is 0.725. The molecule has 1 heterocycles. The Bertz CT molecular complexity index is 762. The van der Waals surface area contributed by atoms with Crippen LogP contribution in [0.15, 0.2) is 42.5 Å². The van der Waals surface area contributed by atoms with Crippen LogP contribution in [-0.2, 0) is 13.0 Å². The van der Waals surface area contributed by atoms with Gasteiger partial charge in [0.25, 0.3) is 0 Å². The highest BCUT2D eigenvalue weighted by Crippen LogP contribution is 2.23. The third-order valence-corrected chi connectivity index (χ3v) is 3.82. The van der Waals surface area contributed by atoms with Crippen molar-refractivity contribution in [3.05, 3.63) is 58.9 Å². The summed E-state index contributed by atoms with van der Waals surface area (Å²) in [6, 6.07) is 13.8. The smallest absolute Gasteiger partial charge is 0.109 e. The molecule has 102 valence electrons. The highest BCUT2D eigenvalue weighted by molar-refractivity contribution is 6.31. The van der Waals surface area contributed by atoms with Gasteiger partial charge in [0.15, 0.2) is 0 Å². The molecule has 3 rings (SSSR count). The van der Waals surface area contributed by atoms with E-state index in [1.54, 1.807) is 0 Å². The van der Waals surface area contributed by atoms with E-state index in [0.717, 1.165) is 46.1 Å². The van der Waals surface area contributed by atoms with Crippen LogP contribution < -0.4 is 5.73 Å². The number of rotatable bonds is 3. The average molecular weight is 286 g/mol. The molecule has 0 aliphatic carbocycles. The van der Waals surface area contributed by atoms with Crippen LogP contribution in [0, 0.1) is 0 Å². The fraction of sp³-hybridized carbons (Fsp3) is 0.188. The van der Waals surface area contributed by atoms with E-state index in [2.05, 4.69) is 16.5 Å². The first-order chi connectivity index (χ1) is 9.69. The summed E-state index contributed by atoms with van der Waals surface area (Å²) in [7, 11) is 0. The number of nitrogens with zero attached hydrogens (tertiary/aromatic N) is 2. The third-order valence-electron chi connectivity index (χ3n) is 3.45. The van der Waals surface area contributed by atoms with E-state index < -0.39 is 0 Å². The Hall–Kier alpha value is -2.00. The van der Waals surface area contributed by atoms with Crippen LogP contribution in [-0.4, -0.2) is 9.55 Å². The van der Waals surface area contributed by atoms with Gasteiger partial charge in [-0.05, 0) is 29.8 Å². The minimum atomic E-state index is 0.725. The van der Waals surface area contributed by atoms with Gasteiger partial charge in [0.2, 0.25) is 0 Å². The molecular weight excluding hydrogens is 270 g/mol. The van der Waals surface area contributed by atoms with Crippen molar-refractivity contribution < 1.29 is 0 Å². The molecular formula is C16H16ClN3. The van der Waals surface area contributed by atoms with Crippen LogP contribution in [0.4, 0.5) is 5.69 Å². The Morgan fingerprint density at radius 2 is 2.00 bits per heavy atom. The fourth-order valence-corrected chi connectivity index (χ4v) is 2.64. The van der Waals surface area contributed by atoms with Crippen LogP contribution in [0.25, 0.3) is 11.0 Å². The molecule has 3 aromatic rings. The molecule has 0 unspecified atom stereocenters. The van der Waals surface area contributed by atoms with Gasteiger partial charge < -0.3 is 10.3 Å². The van der Waals surface area contributed by atoms with E-state index in [9.17, 15) is 0 Å². The Labute approximate surface area is 123 Å². The standard InChI is InChI=1S/C16H16ClN3/c1-2-16-19-14-9-12(18)7-8-15(14)20(16)10-11-5-3-4-6-13(11)17/h3-9H,2,10,18H2,1H3. The number of hydrogen-bond donors (Lipinski definition) is 1. The molecule has 3 nitrogen and oxygen atoms in total. The lowest BCUT2D eigenvalue weighted by Gasteiger charge is -2.09. The van der Waals surface area contributed by atoms with Gasteiger partial charge in [-0.2, -0.15) is 0 Å². The van der Waals surface area contributed by atoms with Gasteiger partial charge >= 0.3 is 0 Å². The monoisotopic (exact) mass is 285 g/mol. The van der Waals surface area contributed by atoms with Gasteiger partial charge in [-0.25, -0.2) is 4.98 Å². The highest BCUT2D eigenvalue weighted by atomic mass is 35.5. The number of anilines is 1. The number of fused-ring (bicyclic) bond motifs is 1. The zero-order valence-corrected chi connectivity index (χ0v) is 12.1. The van der Waals surface area contributed by atoms with Gasteiger partial charge in [0.05, 0.1) is 17.6 Å². The minimum Gasteiger partial charge on any atom is -0.399 e. The Balaban J connectivity index is 2.12. The number of halogens is 1. The summed E-state index contributed by atoms with van der Waals surface area (Å²) in [5.74, 6) is 1.05. The third kappa shape index (κ3) is 2.25. The van der Waals surface area contributed by atoms with E-state index in [0.29, 0.717) is 0 Å². The number of aryl methyl sites for hydroxylation is 1. The van der Waals surface area contributed by atoms with Crippen LogP contribution >= 0.6 is 11.6 Å². The zero-order valence-electron chi connectivity index (χ0n) is 11.3. The molecule has 2 N–H and O–H groups in total. The maximum Gasteiger partial charge on any atom is 0.109 e. The van der Waals surface area contributed by atoms with Gasteiger partial charge in [-0.3, -0.25) is 0 Å². The molecule has 0 amide bonds. The molecule has 0 bridgehead atoms. The van der Waals surface area contributed by atoms with Crippen molar-refractivity contribution in [2.45, 2.75) is 19.9 Å². The fourth-order valence-electron chi connectivity index (χ4n) is 2.44. The Morgan fingerprint density at radius 1 is 1.20 bits per heavy atom. The quantitative estimate of drug-likeness (QED) is 0.742. The van der Waals surface area contributed by atoms with Crippen molar-refractivity contribution in [3.8, 4) is 0 Å². The lowest BCUT2D eigenvalue weighted by atomic mass is 10.2. The summed E-state index contributed by atoms with van der Waals surface area (Å²) in [5, 5.41) is 0.784. The van der Waals surface area contributed by atoms with Gasteiger partial charge in [-0.1, -0.05) is 36.7 Å². The van der Waals surface area contributed by atoms with Crippen molar-refractivity contribution in [3.63, 3.8) is 0 Å². The van der Waals surface area contributed by atoms with Crippen LogP contribution in [0.3, 0.4) is 0 Å². The number of nitrogens with two attached hydrogens (primary N) is 1. The first kappa shape index (κ1) is 13.0. The molecule has 0 atom stereocenters. The first-order valence-corrected chi connectivity index (χ1v) is 7.05. The summed E-state index contributed by atoms with van der Waals surface area (Å²) in [6.07, 6.45) is 0.874. The van der Waals surface area contributed by atoms with Gasteiger partial charge in [-0.15, -0.1) is 0 Å². The normalized spacial score (nSPS) is 11.1. The summed E-state index contributed by atoms with van der Waals surface area (Å²) in [5.41, 5.74) is 9.70. The molecule has 0 saturated carbocycles. The molecule has 4 heteroatoms. The number of nitrogen functional groups attached to an aromatic ring is 1. The lowest BCUT2D eigenvalue weighted by Crippen LogP contribution is -2.04. The molecule has 0 saturated heterocycles. The zero-order chi connectivity index (χ0) is 14.1. The predicted octanol–water partition coefficient (Wildman–Crippen LogP) is 3.88. The maximum atomic E-state index is 6.26. The van der Waals surface area contributed by atoms with E-state index >= 15 is 0 Å². The van der Waals surface area contributed by atoms with Crippen molar-refractivity contribution >= 4 is 28.3 Å². The maximum absolute atomic E-state index is 6.26. The largest absolute Gasteiger partial charge is 0.399 e. The molecule has 2 aromatic carbocycles. The Morgan fingerprint density at radius 3 is 2.75 bits per heavy atom. The lowest BCUT2D eigenvalue weighted by molar-refractivity contribution is 0.753. The van der Waals surface area contributed by atoms with E-state index in [-0.39, 0.29) is 0 Å². The van der Waals surface area contributed by atoms with E-state index in [1.807, 2.05) is 42.5 Å². The number of imidazole rings is 1. The SMILES string of the molecule is CCc1nc2cc(N)ccc2n1Cc1ccccc1Cl. The topological polar surface area (TPSA) is 43.8 Å². The van der Waals surface area contributed by atoms with Crippen molar-refractivity contribution in [1.29, 1.82) is 0 Å². The molecule has 0 radical (unpaired) electrons. The highest BCUT2D eigenvalue weighted by Gasteiger charge is 2.11. The average Bonchev–Trinajstić information content (AvgIpc) is 2.78. The summed E-state index contributed by atoms with van der Waals surface area (Å²) < 4.78 is 2.20. The van der Waals surface area contributed by atoms with Crippen molar-refractivity contribution in [2.24, 2.45) is 0 Å². The summed E-state index contributed by atoms with van der Waals surface area (Å²) in [6.45, 7) is 2.83. The first-order valence-electron chi connectivity index (χ1n) is 6.67. The number of hydrogen-bond acceptors (Lipinski definition) is 2. The molecule has 0 fully saturated rings. The molecule has 20 heavy (non-hydrogen) atoms. The summed E-state index contributed by atoms with van der Waals surface area (Å²) in [4.78, 5) is 4.66. The molecule has 1 aromatic heterocycles. The van der Waals surface area contributed by atoms with Crippen LogP contribution in [0.2, 0.25) is 5.02 Å². The number of aromatic nitrogens is 2. The predicted molar refractivity (Wildman–Crippen MR) is 84.1 cm³/mol. The second-order valence-corrected chi connectivity index (χ2v) is 5.21. The van der Waals surface area contributed by atoms with Crippen molar-refractivity contribution in [1.82, 2.24) is 9.55 Å². The van der Waals surface area contributed by atoms with E-state index in [1.165, 1.54) is 0 Å². The molecule has 0 aliphatic rings. The molecule has 0 spiro atoms. The second-order valence-electron chi connectivity index (χ2n) is 4.81. The second kappa shape index (κ2) is 5.17. The van der Waals surface area contributed by atoms with Crippen LogP contribution in [0.5, 0.6) is 0 Å². The summed E-state index contributed by atoms with van der Waals surface area (Å²) >= 11 is 6.26. The van der Waals surface area contributed by atoms with Crippen molar-refractivity contribution in [2.75, 3.05) is 5.73 Å².